The summed E-state index contributed by atoms with van der Waals surface area (Å²) >= 11 is 5.08. The van der Waals surface area contributed by atoms with Crippen LogP contribution in [0.3, 0.4) is 0 Å². The van der Waals surface area contributed by atoms with Crippen LogP contribution in [-0.4, -0.2) is 17.7 Å². The van der Waals surface area contributed by atoms with Crippen LogP contribution in [0.15, 0.2) is 35.5 Å². The first-order valence-corrected chi connectivity index (χ1v) is 8.13. The maximum absolute atomic E-state index is 13.0. The third kappa shape index (κ3) is 4.72. The van der Waals surface area contributed by atoms with Crippen molar-refractivity contribution in [3.05, 3.63) is 46.7 Å². The van der Waals surface area contributed by atoms with Gasteiger partial charge in [0, 0.05) is 5.70 Å². The molecule has 0 unspecified atom stereocenters. The highest BCUT2D eigenvalue weighted by Gasteiger charge is 2.34. The van der Waals surface area contributed by atoms with Gasteiger partial charge in [0.15, 0.2) is 5.11 Å². The van der Waals surface area contributed by atoms with Crippen molar-refractivity contribution in [3.63, 3.8) is 0 Å². The van der Waals surface area contributed by atoms with Gasteiger partial charge in [0.25, 0.3) is 0 Å². The molecule has 1 aromatic carbocycles. The molecule has 0 spiro atoms. The summed E-state index contributed by atoms with van der Waals surface area (Å²) < 4.78 is 44.2. The molecule has 0 saturated carbocycles. The third-order valence-corrected chi connectivity index (χ3v) is 3.80. The van der Waals surface area contributed by atoms with Gasteiger partial charge in [0.1, 0.15) is 0 Å². The zero-order valence-electron chi connectivity index (χ0n) is 14.0. The van der Waals surface area contributed by atoms with Crippen LogP contribution >= 0.6 is 12.2 Å². The Morgan fingerprint density at radius 1 is 1.36 bits per heavy atom. The van der Waals surface area contributed by atoms with E-state index in [1.165, 1.54) is 12.1 Å². The molecule has 0 amide bonds. The van der Waals surface area contributed by atoms with Crippen LogP contribution in [0.5, 0.6) is 0 Å². The van der Waals surface area contributed by atoms with E-state index in [9.17, 15) is 18.0 Å². The molecule has 0 radical (unpaired) electrons. The Morgan fingerprint density at radius 2 is 2.04 bits per heavy atom. The first-order chi connectivity index (χ1) is 11.6. The van der Waals surface area contributed by atoms with Gasteiger partial charge in [-0.1, -0.05) is 26.0 Å². The van der Waals surface area contributed by atoms with Crippen molar-refractivity contribution in [2.45, 2.75) is 33.0 Å². The Labute approximate surface area is 149 Å². The Hall–Kier alpha value is -2.09. The first kappa shape index (κ1) is 19.2. The summed E-state index contributed by atoms with van der Waals surface area (Å²) in [4.78, 5) is 12.5. The molecular weight excluding hydrogens is 353 g/mol. The van der Waals surface area contributed by atoms with E-state index in [1.54, 1.807) is 6.92 Å². The molecular formula is C17H19F3N2O2S. The predicted octanol–water partition coefficient (Wildman–Crippen LogP) is 3.70. The van der Waals surface area contributed by atoms with Gasteiger partial charge in [-0.05, 0) is 42.8 Å². The van der Waals surface area contributed by atoms with E-state index < -0.39 is 23.8 Å². The fourth-order valence-corrected chi connectivity index (χ4v) is 2.70. The molecule has 0 bridgehead atoms. The second kappa shape index (κ2) is 7.43. The molecule has 25 heavy (non-hydrogen) atoms. The van der Waals surface area contributed by atoms with Gasteiger partial charge in [-0.3, -0.25) is 0 Å². The normalized spacial score (nSPS) is 18.0. The number of thiocarbonyl (C=S) groups is 1. The minimum Gasteiger partial charge on any atom is -0.462 e. The average Bonchev–Trinajstić information content (AvgIpc) is 2.51. The van der Waals surface area contributed by atoms with E-state index in [4.69, 9.17) is 17.0 Å². The largest absolute Gasteiger partial charge is 0.462 e. The van der Waals surface area contributed by atoms with Gasteiger partial charge < -0.3 is 15.4 Å². The molecule has 1 aromatic rings. The smallest absolute Gasteiger partial charge is 0.416 e. The molecule has 1 aliphatic rings. The average molecular weight is 372 g/mol. The fourth-order valence-electron chi connectivity index (χ4n) is 2.43. The number of allylic oxidation sites excluding steroid dienone is 1. The van der Waals surface area contributed by atoms with E-state index in [2.05, 4.69) is 10.6 Å². The lowest BCUT2D eigenvalue weighted by atomic mass is 9.94. The number of halogens is 3. The number of esters is 1. The summed E-state index contributed by atoms with van der Waals surface area (Å²) in [6.45, 7) is 5.64. The van der Waals surface area contributed by atoms with Crippen molar-refractivity contribution in [1.82, 2.24) is 10.6 Å². The lowest BCUT2D eigenvalue weighted by Crippen LogP contribution is -2.45. The van der Waals surface area contributed by atoms with E-state index in [1.807, 2.05) is 13.8 Å². The van der Waals surface area contributed by atoms with Crippen LogP contribution in [0, 0.1) is 5.92 Å². The van der Waals surface area contributed by atoms with Crippen molar-refractivity contribution in [3.8, 4) is 0 Å². The number of carbonyl (C=O) groups excluding carboxylic acids is 1. The van der Waals surface area contributed by atoms with Crippen LogP contribution in [-0.2, 0) is 15.7 Å². The van der Waals surface area contributed by atoms with Crippen molar-refractivity contribution < 1.29 is 22.7 Å². The molecule has 2 rings (SSSR count). The highest BCUT2D eigenvalue weighted by molar-refractivity contribution is 7.80. The topological polar surface area (TPSA) is 50.4 Å². The van der Waals surface area contributed by atoms with Crippen molar-refractivity contribution in [1.29, 1.82) is 0 Å². The zero-order chi connectivity index (χ0) is 18.8. The lowest BCUT2D eigenvalue weighted by molar-refractivity contribution is -0.140. The number of hydrogen-bond acceptors (Lipinski definition) is 3. The number of nitrogens with one attached hydrogen (secondary N) is 2. The molecule has 1 atom stereocenters. The molecule has 0 fully saturated rings. The molecule has 4 nitrogen and oxygen atoms in total. The van der Waals surface area contributed by atoms with Gasteiger partial charge in [-0.2, -0.15) is 13.2 Å². The Bertz CT molecular complexity index is 714. The van der Waals surface area contributed by atoms with E-state index in [-0.39, 0.29) is 28.8 Å². The minimum atomic E-state index is -4.47. The molecule has 8 heteroatoms. The van der Waals surface area contributed by atoms with Gasteiger partial charge in [0.05, 0.1) is 23.8 Å². The summed E-state index contributed by atoms with van der Waals surface area (Å²) in [5.74, 6) is -0.446. The maximum Gasteiger partial charge on any atom is 0.416 e. The molecule has 2 N–H and O–H groups in total. The molecule has 0 saturated heterocycles. The van der Waals surface area contributed by atoms with E-state index >= 15 is 0 Å². The highest BCUT2D eigenvalue weighted by atomic mass is 32.1. The van der Waals surface area contributed by atoms with Crippen LogP contribution < -0.4 is 10.6 Å². The number of benzene rings is 1. The van der Waals surface area contributed by atoms with Crippen molar-refractivity contribution in [2.75, 3.05) is 6.61 Å². The Morgan fingerprint density at radius 3 is 2.64 bits per heavy atom. The number of carbonyl (C=O) groups is 1. The molecule has 1 heterocycles. The SMILES string of the molecule is CC1=C(C(=O)OCC(C)C)[C@@H](c2cccc(C(F)(F)F)c2)NC(=S)N1. The monoisotopic (exact) mass is 372 g/mol. The number of ether oxygens (including phenoxy) is 1. The predicted molar refractivity (Wildman–Crippen MR) is 91.6 cm³/mol. The van der Waals surface area contributed by atoms with Crippen molar-refractivity contribution in [2.24, 2.45) is 5.92 Å². The molecule has 136 valence electrons. The van der Waals surface area contributed by atoms with Gasteiger partial charge >= 0.3 is 12.1 Å². The number of alkyl halides is 3. The summed E-state index contributed by atoms with van der Waals surface area (Å²) in [5, 5.41) is 5.91. The number of hydrogen-bond donors (Lipinski definition) is 2. The molecule has 1 aliphatic heterocycles. The standard InChI is InChI=1S/C17H19F3N2O2S/c1-9(2)8-24-15(23)13-10(3)21-16(25)22-14(13)11-5-4-6-12(7-11)17(18,19)20/h4-7,9,14H,8H2,1-3H3,(H2,21,22,25)/t14-/m1/s1. The minimum absolute atomic E-state index is 0.141. The second-order valence-electron chi connectivity index (χ2n) is 6.19. The maximum atomic E-state index is 13.0. The van der Waals surface area contributed by atoms with Crippen LogP contribution in [0.25, 0.3) is 0 Å². The van der Waals surface area contributed by atoms with E-state index in [0.717, 1.165) is 12.1 Å². The third-order valence-electron chi connectivity index (χ3n) is 3.58. The molecule has 0 aliphatic carbocycles. The zero-order valence-corrected chi connectivity index (χ0v) is 14.8. The van der Waals surface area contributed by atoms with Gasteiger partial charge in [-0.15, -0.1) is 0 Å². The van der Waals surface area contributed by atoms with Crippen LogP contribution in [0.4, 0.5) is 13.2 Å². The summed E-state index contributed by atoms with van der Waals surface area (Å²) in [5.41, 5.74) is 0.173. The second-order valence-corrected chi connectivity index (χ2v) is 6.59. The number of rotatable bonds is 4. The van der Waals surface area contributed by atoms with E-state index in [0.29, 0.717) is 5.70 Å². The quantitative estimate of drug-likeness (QED) is 0.624. The van der Waals surface area contributed by atoms with Gasteiger partial charge in [-0.25, -0.2) is 4.79 Å². The van der Waals surface area contributed by atoms with Crippen LogP contribution in [0.1, 0.15) is 37.9 Å². The summed E-state index contributed by atoms with van der Waals surface area (Å²) in [7, 11) is 0. The molecule has 0 aromatic heterocycles. The van der Waals surface area contributed by atoms with Gasteiger partial charge in [0.2, 0.25) is 0 Å². The van der Waals surface area contributed by atoms with Crippen molar-refractivity contribution >= 4 is 23.3 Å². The first-order valence-electron chi connectivity index (χ1n) is 7.72. The van der Waals surface area contributed by atoms with Crippen LogP contribution in [0.2, 0.25) is 0 Å². The summed E-state index contributed by atoms with van der Waals surface area (Å²) in [6.07, 6.45) is -4.47. The lowest BCUT2D eigenvalue weighted by Gasteiger charge is -2.30. The Kier molecular flexibility index (Phi) is 5.72. The fraction of sp³-hybridized carbons (Fsp3) is 0.412. The Balaban J connectivity index is 2.41. The summed E-state index contributed by atoms with van der Waals surface area (Å²) in [6, 6.07) is 4.00. The highest BCUT2D eigenvalue weighted by Crippen LogP contribution is 2.33.